The highest BCUT2D eigenvalue weighted by molar-refractivity contribution is 5.92. The summed E-state index contributed by atoms with van der Waals surface area (Å²) in [5, 5.41) is 5.45. The minimum absolute atomic E-state index is 0.0509. The van der Waals surface area contributed by atoms with Gasteiger partial charge in [0.2, 0.25) is 11.8 Å². The number of aliphatic imine (C=N–C) groups is 1. The molecule has 0 aliphatic heterocycles. The van der Waals surface area contributed by atoms with Crippen molar-refractivity contribution in [3.63, 3.8) is 0 Å². The molecule has 0 radical (unpaired) electrons. The second kappa shape index (κ2) is 14.9. The fraction of sp³-hybridized carbons (Fsp3) is 0.583. The molecule has 1 aromatic rings. The molecule has 0 heterocycles. The third kappa shape index (κ3) is 11.1. The van der Waals surface area contributed by atoms with E-state index >= 15 is 0 Å². The number of nitrogens with two attached hydrogens (primary N) is 3. The molecule has 1 rings (SSSR count). The number of nitrogens with one attached hydrogen (secondary N) is 2. The molecule has 2 amide bonds. The number of amides is 2. The summed E-state index contributed by atoms with van der Waals surface area (Å²) in [4.78, 5) is 42.3. The van der Waals surface area contributed by atoms with Crippen LogP contribution in [-0.2, 0) is 25.7 Å². The minimum atomic E-state index is -0.900. The Morgan fingerprint density at radius 3 is 2.21 bits per heavy atom. The van der Waals surface area contributed by atoms with Crippen LogP contribution in [0.1, 0.15) is 52.5 Å². The summed E-state index contributed by atoms with van der Waals surface area (Å²) in [5.41, 5.74) is 17.5. The molecule has 0 aromatic heterocycles. The van der Waals surface area contributed by atoms with Gasteiger partial charge in [-0.25, -0.2) is 4.79 Å². The lowest BCUT2D eigenvalue weighted by molar-refractivity contribution is -0.150. The molecule has 0 spiro atoms. The van der Waals surface area contributed by atoms with Crippen LogP contribution in [0.25, 0.3) is 0 Å². The van der Waals surface area contributed by atoms with E-state index in [0.29, 0.717) is 19.4 Å². The Bertz CT molecular complexity index is 809. The van der Waals surface area contributed by atoms with Gasteiger partial charge < -0.3 is 32.6 Å². The zero-order chi connectivity index (χ0) is 25.7. The maximum atomic E-state index is 13.1. The van der Waals surface area contributed by atoms with Crippen molar-refractivity contribution >= 4 is 23.7 Å². The Morgan fingerprint density at radius 1 is 1.00 bits per heavy atom. The number of carbonyl (C=O) groups excluding carboxylic acids is 3. The molecule has 190 valence electrons. The van der Waals surface area contributed by atoms with Crippen molar-refractivity contribution in [2.45, 2.75) is 71.7 Å². The number of benzene rings is 1. The van der Waals surface area contributed by atoms with Gasteiger partial charge in [0.25, 0.3) is 0 Å². The molecule has 0 fully saturated rings. The topological polar surface area (TPSA) is 175 Å². The molecule has 3 atom stereocenters. The van der Waals surface area contributed by atoms with E-state index < -0.39 is 35.9 Å². The highest BCUT2D eigenvalue weighted by Crippen LogP contribution is 2.10. The fourth-order valence-electron chi connectivity index (χ4n) is 3.24. The average molecular weight is 477 g/mol. The first kappa shape index (κ1) is 28.9. The molecule has 0 saturated heterocycles. The number of ether oxygens (including phenoxy) is 1. The maximum Gasteiger partial charge on any atom is 0.329 e. The highest BCUT2D eigenvalue weighted by Gasteiger charge is 2.30. The first-order valence-electron chi connectivity index (χ1n) is 11.6. The smallest absolute Gasteiger partial charge is 0.329 e. The number of carbonyl (C=O) groups is 3. The van der Waals surface area contributed by atoms with Crippen LogP contribution in [0.15, 0.2) is 35.3 Å². The Kier molecular flexibility index (Phi) is 12.7. The summed E-state index contributed by atoms with van der Waals surface area (Å²) in [5.74, 6) is -1.53. The predicted octanol–water partition coefficient (Wildman–Crippen LogP) is 0.782. The first-order valence-corrected chi connectivity index (χ1v) is 11.6. The van der Waals surface area contributed by atoms with Crippen LogP contribution < -0.4 is 27.8 Å². The molecule has 0 unspecified atom stereocenters. The number of guanidine groups is 1. The van der Waals surface area contributed by atoms with Crippen LogP contribution in [0.5, 0.6) is 0 Å². The molecular weight excluding hydrogens is 436 g/mol. The van der Waals surface area contributed by atoms with E-state index in [2.05, 4.69) is 15.6 Å². The molecule has 0 aliphatic rings. The van der Waals surface area contributed by atoms with Crippen LogP contribution in [0.3, 0.4) is 0 Å². The molecule has 0 saturated carbocycles. The molecule has 10 heteroatoms. The van der Waals surface area contributed by atoms with E-state index in [1.807, 2.05) is 44.2 Å². The second-order valence-electron chi connectivity index (χ2n) is 9.07. The molecule has 1 aromatic carbocycles. The van der Waals surface area contributed by atoms with Crippen LogP contribution in [-0.4, -0.2) is 48.4 Å². The summed E-state index contributed by atoms with van der Waals surface area (Å²) in [6.07, 6.45) is 1.20. The Balaban J connectivity index is 2.86. The SMILES string of the molecule is CC(C)C[C@@H](N)C(=O)N[C@@H](CCCN=C(N)N)C(=O)N[C@@H](C(=O)OCc1ccccc1)C(C)C. The summed E-state index contributed by atoms with van der Waals surface area (Å²) in [6, 6.07) is 6.74. The van der Waals surface area contributed by atoms with Crippen molar-refractivity contribution in [1.29, 1.82) is 0 Å². The van der Waals surface area contributed by atoms with Gasteiger partial charge in [0.15, 0.2) is 5.96 Å². The lowest BCUT2D eigenvalue weighted by Crippen LogP contribution is -2.55. The van der Waals surface area contributed by atoms with Gasteiger partial charge in [-0.1, -0.05) is 58.0 Å². The third-order valence-corrected chi connectivity index (χ3v) is 5.08. The van der Waals surface area contributed by atoms with E-state index in [4.69, 9.17) is 21.9 Å². The van der Waals surface area contributed by atoms with E-state index in [0.717, 1.165) is 5.56 Å². The maximum absolute atomic E-state index is 13.1. The van der Waals surface area contributed by atoms with E-state index in [1.54, 1.807) is 13.8 Å². The van der Waals surface area contributed by atoms with Crippen molar-refractivity contribution < 1.29 is 19.1 Å². The van der Waals surface area contributed by atoms with Crippen molar-refractivity contribution in [2.24, 2.45) is 34.0 Å². The van der Waals surface area contributed by atoms with Crippen molar-refractivity contribution in [2.75, 3.05) is 6.54 Å². The Hall–Kier alpha value is -3.14. The summed E-state index contributed by atoms with van der Waals surface area (Å²) >= 11 is 0. The normalized spacial score (nSPS) is 13.6. The monoisotopic (exact) mass is 476 g/mol. The molecule has 0 bridgehead atoms. The number of hydrogen-bond acceptors (Lipinski definition) is 6. The lowest BCUT2D eigenvalue weighted by Gasteiger charge is -2.25. The largest absolute Gasteiger partial charge is 0.459 e. The van der Waals surface area contributed by atoms with Gasteiger partial charge in [0.05, 0.1) is 6.04 Å². The first-order chi connectivity index (χ1) is 16.0. The highest BCUT2D eigenvalue weighted by atomic mass is 16.5. The fourth-order valence-corrected chi connectivity index (χ4v) is 3.24. The van der Waals surface area contributed by atoms with Gasteiger partial charge in [-0.15, -0.1) is 0 Å². The van der Waals surface area contributed by atoms with Crippen LogP contribution in [0.2, 0.25) is 0 Å². The van der Waals surface area contributed by atoms with Gasteiger partial charge in [0, 0.05) is 6.54 Å². The predicted molar refractivity (Wildman–Crippen MR) is 132 cm³/mol. The molecule has 0 aliphatic carbocycles. The summed E-state index contributed by atoms with van der Waals surface area (Å²) in [7, 11) is 0. The quantitative estimate of drug-likeness (QED) is 0.114. The Labute approximate surface area is 202 Å². The summed E-state index contributed by atoms with van der Waals surface area (Å²) in [6.45, 7) is 7.93. The Morgan fingerprint density at radius 2 is 1.65 bits per heavy atom. The van der Waals surface area contributed by atoms with Gasteiger partial charge in [-0.05, 0) is 36.7 Å². The number of rotatable bonds is 14. The molecule has 34 heavy (non-hydrogen) atoms. The molecule has 8 N–H and O–H groups in total. The van der Waals surface area contributed by atoms with Crippen LogP contribution >= 0.6 is 0 Å². The minimum Gasteiger partial charge on any atom is -0.459 e. The van der Waals surface area contributed by atoms with Crippen molar-refractivity contribution in [3.8, 4) is 0 Å². The van der Waals surface area contributed by atoms with Crippen molar-refractivity contribution in [1.82, 2.24) is 10.6 Å². The third-order valence-electron chi connectivity index (χ3n) is 5.08. The number of esters is 1. The van der Waals surface area contributed by atoms with E-state index in [9.17, 15) is 14.4 Å². The van der Waals surface area contributed by atoms with Gasteiger partial charge >= 0.3 is 5.97 Å². The van der Waals surface area contributed by atoms with Gasteiger partial charge in [-0.3, -0.25) is 14.6 Å². The molecular formula is C24H40N6O4. The zero-order valence-corrected chi connectivity index (χ0v) is 20.6. The standard InChI is InChI=1S/C24H40N6O4/c1-15(2)13-18(25)21(31)29-19(11-8-12-28-24(26)27)22(32)30-20(16(3)4)23(33)34-14-17-9-6-5-7-10-17/h5-7,9-10,15-16,18-20H,8,11-14,25H2,1-4H3,(H,29,31)(H,30,32)(H4,26,27,28)/t18-,19+,20-/m1/s1. The van der Waals surface area contributed by atoms with E-state index in [1.165, 1.54) is 0 Å². The van der Waals surface area contributed by atoms with Crippen LogP contribution in [0, 0.1) is 11.8 Å². The average Bonchev–Trinajstić information content (AvgIpc) is 2.77. The van der Waals surface area contributed by atoms with Crippen molar-refractivity contribution in [3.05, 3.63) is 35.9 Å². The second-order valence-corrected chi connectivity index (χ2v) is 9.07. The lowest BCUT2D eigenvalue weighted by atomic mass is 10.0. The van der Waals surface area contributed by atoms with E-state index in [-0.39, 0.29) is 30.8 Å². The van der Waals surface area contributed by atoms with Crippen LogP contribution in [0.4, 0.5) is 0 Å². The number of hydrogen-bond donors (Lipinski definition) is 5. The number of nitrogens with zero attached hydrogens (tertiary/aromatic N) is 1. The van der Waals surface area contributed by atoms with Gasteiger partial charge in [-0.2, -0.15) is 0 Å². The molecule has 10 nitrogen and oxygen atoms in total. The van der Waals surface area contributed by atoms with Gasteiger partial charge in [0.1, 0.15) is 18.7 Å². The zero-order valence-electron chi connectivity index (χ0n) is 20.6. The summed E-state index contributed by atoms with van der Waals surface area (Å²) < 4.78 is 5.41.